The molecule has 0 bridgehead atoms. The predicted molar refractivity (Wildman–Crippen MR) is 105 cm³/mol. The lowest BCUT2D eigenvalue weighted by atomic mass is 10.0. The van der Waals surface area contributed by atoms with Crippen LogP contribution in [0.3, 0.4) is 0 Å². The fraction of sp³-hybridized carbons (Fsp3) is 0.364. The van der Waals surface area contributed by atoms with Crippen LogP contribution >= 0.6 is 0 Å². The van der Waals surface area contributed by atoms with Gasteiger partial charge >= 0.3 is 6.18 Å². The van der Waals surface area contributed by atoms with Crippen LogP contribution in [0.25, 0.3) is 11.3 Å². The quantitative estimate of drug-likeness (QED) is 0.582. The van der Waals surface area contributed by atoms with Crippen molar-refractivity contribution in [1.82, 2.24) is 14.7 Å². The third-order valence-corrected chi connectivity index (χ3v) is 5.70. The van der Waals surface area contributed by atoms with E-state index in [4.69, 9.17) is 4.42 Å². The van der Waals surface area contributed by atoms with E-state index in [2.05, 4.69) is 5.10 Å². The Kier molecular flexibility index (Phi) is 4.95. The Morgan fingerprint density at radius 3 is 2.63 bits per heavy atom. The number of aromatic nitrogens is 2. The smallest absolute Gasteiger partial charge is 0.416 e. The molecular weight excluding hydrogens is 395 g/mol. The Hall–Kier alpha value is -3.03. The SMILES string of the molecule is Cc1nn(C)c(C)c1C1CCCN1C(=O)c1ccc(-c2cccc(C(F)(F)F)c2)o1. The van der Waals surface area contributed by atoms with E-state index >= 15 is 0 Å². The number of hydrogen-bond donors (Lipinski definition) is 0. The van der Waals surface area contributed by atoms with Crippen molar-refractivity contribution in [2.45, 2.75) is 38.9 Å². The van der Waals surface area contributed by atoms with Crippen molar-refractivity contribution < 1.29 is 22.4 Å². The fourth-order valence-electron chi connectivity index (χ4n) is 4.18. The zero-order chi connectivity index (χ0) is 21.6. The normalized spacial score (nSPS) is 17.0. The third kappa shape index (κ3) is 3.51. The monoisotopic (exact) mass is 417 g/mol. The van der Waals surface area contributed by atoms with Crippen molar-refractivity contribution >= 4 is 5.91 Å². The summed E-state index contributed by atoms with van der Waals surface area (Å²) < 4.78 is 46.5. The van der Waals surface area contributed by atoms with Crippen molar-refractivity contribution in [2.75, 3.05) is 6.54 Å². The van der Waals surface area contributed by atoms with Gasteiger partial charge in [-0.15, -0.1) is 0 Å². The molecule has 1 atom stereocenters. The van der Waals surface area contributed by atoms with Crippen molar-refractivity contribution in [3.8, 4) is 11.3 Å². The van der Waals surface area contributed by atoms with Gasteiger partial charge in [-0.2, -0.15) is 18.3 Å². The number of halogens is 3. The number of rotatable bonds is 3. The van der Waals surface area contributed by atoms with Crippen molar-refractivity contribution in [3.05, 3.63) is 64.7 Å². The van der Waals surface area contributed by atoms with Crippen molar-refractivity contribution in [1.29, 1.82) is 0 Å². The molecule has 30 heavy (non-hydrogen) atoms. The molecule has 1 aromatic carbocycles. The minimum atomic E-state index is -4.44. The Morgan fingerprint density at radius 2 is 1.97 bits per heavy atom. The summed E-state index contributed by atoms with van der Waals surface area (Å²) >= 11 is 0. The third-order valence-electron chi connectivity index (χ3n) is 5.70. The van der Waals surface area contributed by atoms with Crippen molar-refractivity contribution in [2.24, 2.45) is 7.05 Å². The van der Waals surface area contributed by atoms with E-state index in [-0.39, 0.29) is 29.0 Å². The lowest BCUT2D eigenvalue weighted by molar-refractivity contribution is -0.137. The molecule has 1 unspecified atom stereocenters. The van der Waals surface area contributed by atoms with Gasteiger partial charge in [-0.3, -0.25) is 9.48 Å². The zero-order valence-corrected chi connectivity index (χ0v) is 17.0. The number of carbonyl (C=O) groups excluding carboxylic acids is 1. The van der Waals surface area contributed by atoms with Gasteiger partial charge in [0.2, 0.25) is 0 Å². The number of hydrogen-bond acceptors (Lipinski definition) is 3. The van der Waals surface area contributed by atoms with E-state index in [9.17, 15) is 18.0 Å². The molecule has 0 N–H and O–H groups in total. The molecule has 1 aliphatic heterocycles. The highest BCUT2D eigenvalue weighted by molar-refractivity contribution is 5.92. The minimum Gasteiger partial charge on any atom is -0.451 e. The Labute approximate surface area is 172 Å². The van der Waals surface area contributed by atoms with E-state index in [0.29, 0.717) is 6.54 Å². The topological polar surface area (TPSA) is 51.3 Å². The first-order valence-corrected chi connectivity index (χ1v) is 9.75. The van der Waals surface area contributed by atoms with Crippen LogP contribution in [0.4, 0.5) is 13.2 Å². The number of benzene rings is 1. The second-order valence-electron chi connectivity index (χ2n) is 7.61. The molecule has 0 aliphatic carbocycles. The van der Waals surface area contributed by atoms with Crippen molar-refractivity contribution in [3.63, 3.8) is 0 Å². The summed E-state index contributed by atoms with van der Waals surface area (Å²) in [6.07, 6.45) is -2.74. The van der Waals surface area contributed by atoms with E-state index in [0.717, 1.165) is 41.9 Å². The summed E-state index contributed by atoms with van der Waals surface area (Å²) in [5.74, 6) is 0.0841. The standard InChI is InChI=1S/C22H22F3N3O2/c1-13-20(14(2)27(3)26-13)17-8-5-11-28(17)21(29)19-10-9-18(30-19)15-6-4-7-16(12-15)22(23,24)25/h4,6-7,9-10,12,17H,5,8,11H2,1-3H3. The summed E-state index contributed by atoms with van der Waals surface area (Å²) in [4.78, 5) is 14.9. The highest BCUT2D eigenvalue weighted by atomic mass is 19.4. The summed E-state index contributed by atoms with van der Waals surface area (Å²) in [5.41, 5.74) is 2.48. The van der Waals surface area contributed by atoms with E-state index < -0.39 is 11.7 Å². The first-order valence-electron chi connectivity index (χ1n) is 9.75. The molecule has 3 aromatic rings. The molecular formula is C22H22F3N3O2. The lowest BCUT2D eigenvalue weighted by Crippen LogP contribution is -2.30. The number of carbonyl (C=O) groups is 1. The molecule has 1 aliphatic rings. The van der Waals surface area contributed by atoms with Crippen LogP contribution < -0.4 is 0 Å². The number of alkyl halides is 3. The predicted octanol–water partition coefficient (Wildman–Crippen LogP) is 5.29. The fourth-order valence-corrected chi connectivity index (χ4v) is 4.18. The molecule has 1 fully saturated rings. The molecule has 5 nitrogen and oxygen atoms in total. The first kappa shape index (κ1) is 20.3. The van der Waals surface area contributed by atoms with Gasteiger partial charge in [-0.1, -0.05) is 12.1 Å². The van der Waals surface area contributed by atoms with Gasteiger partial charge in [0.05, 0.1) is 17.3 Å². The molecule has 0 saturated carbocycles. The lowest BCUT2D eigenvalue weighted by Gasteiger charge is -2.24. The molecule has 8 heteroatoms. The second kappa shape index (κ2) is 7.34. The number of nitrogens with zero attached hydrogens (tertiary/aromatic N) is 3. The van der Waals surface area contributed by atoms with Gasteiger partial charge in [0.1, 0.15) is 5.76 Å². The zero-order valence-electron chi connectivity index (χ0n) is 17.0. The van der Waals surface area contributed by atoms with Gasteiger partial charge in [0, 0.05) is 30.4 Å². The van der Waals surface area contributed by atoms with Crippen LogP contribution in [-0.2, 0) is 13.2 Å². The highest BCUT2D eigenvalue weighted by Crippen LogP contribution is 2.37. The van der Waals surface area contributed by atoms with E-state index in [1.807, 2.05) is 25.6 Å². The summed E-state index contributed by atoms with van der Waals surface area (Å²) in [6.45, 7) is 4.51. The van der Waals surface area contributed by atoms with Gasteiger partial charge in [0.15, 0.2) is 5.76 Å². The maximum atomic E-state index is 13.2. The molecule has 158 valence electrons. The molecule has 3 heterocycles. The van der Waals surface area contributed by atoms with Gasteiger partial charge in [-0.05, 0) is 51.0 Å². The minimum absolute atomic E-state index is 0.0895. The average molecular weight is 417 g/mol. The number of amides is 1. The van der Waals surface area contributed by atoms with Crippen LogP contribution in [-0.4, -0.2) is 27.1 Å². The van der Waals surface area contributed by atoms with Crippen LogP contribution in [0.15, 0.2) is 40.8 Å². The Morgan fingerprint density at radius 1 is 1.20 bits per heavy atom. The molecule has 4 rings (SSSR count). The summed E-state index contributed by atoms with van der Waals surface area (Å²) in [5, 5.41) is 4.46. The second-order valence-corrected chi connectivity index (χ2v) is 7.61. The maximum Gasteiger partial charge on any atom is 0.416 e. The largest absolute Gasteiger partial charge is 0.451 e. The number of furan rings is 1. The van der Waals surface area contributed by atoms with E-state index in [1.165, 1.54) is 24.3 Å². The first-order chi connectivity index (χ1) is 14.2. The average Bonchev–Trinajstić information content (AvgIpc) is 3.41. The van der Waals surface area contributed by atoms with Gasteiger partial charge in [0.25, 0.3) is 5.91 Å². The van der Waals surface area contributed by atoms with Crippen LogP contribution in [0.1, 0.15) is 52.0 Å². The Bertz CT molecular complexity index is 1100. The van der Waals surface area contributed by atoms with E-state index in [1.54, 1.807) is 4.90 Å². The van der Waals surface area contributed by atoms with Crippen LogP contribution in [0.5, 0.6) is 0 Å². The van der Waals surface area contributed by atoms with Crippen LogP contribution in [0, 0.1) is 13.8 Å². The van der Waals surface area contributed by atoms with Crippen LogP contribution in [0.2, 0.25) is 0 Å². The molecule has 0 radical (unpaired) electrons. The number of likely N-dealkylation sites (tertiary alicyclic amines) is 1. The molecule has 1 amide bonds. The maximum absolute atomic E-state index is 13.2. The summed E-state index contributed by atoms with van der Waals surface area (Å²) in [7, 11) is 1.88. The van der Waals surface area contributed by atoms with Gasteiger partial charge < -0.3 is 9.32 Å². The summed E-state index contributed by atoms with van der Waals surface area (Å²) in [6, 6.07) is 7.86. The molecule has 2 aromatic heterocycles. The molecule has 0 spiro atoms. The highest BCUT2D eigenvalue weighted by Gasteiger charge is 2.35. The number of aryl methyl sites for hydroxylation is 2. The Balaban J connectivity index is 1.61. The van der Waals surface area contributed by atoms with Gasteiger partial charge in [-0.25, -0.2) is 0 Å². The molecule has 1 saturated heterocycles.